The van der Waals surface area contributed by atoms with Gasteiger partial charge in [-0.3, -0.25) is 4.39 Å². The second kappa shape index (κ2) is 10.8. The molecule has 5 nitrogen and oxygen atoms in total. The quantitative estimate of drug-likeness (QED) is 0.638. The summed E-state index contributed by atoms with van der Waals surface area (Å²) in [5.41, 5.74) is 6.15. The number of carbonyl (C=O) groups is 1. The van der Waals surface area contributed by atoms with Crippen molar-refractivity contribution >= 4 is 6.09 Å². The maximum Gasteiger partial charge on any atom is 0.404 e. The predicted molar refractivity (Wildman–Crippen MR) is 92.1 cm³/mol. The lowest BCUT2D eigenvalue weighted by atomic mass is 9.98. The first-order valence-corrected chi connectivity index (χ1v) is 8.40. The summed E-state index contributed by atoms with van der Waals surface area (Å²) in [4.78, 5) is 11.0. The number of primary amides is 1. The fraction of sp³-hybridized carbons (Fsp3) is 0.611. The van der Waals surface area contributed by atoms with E-state index in [-0.39, 0.29) is 6.42 Å². The van der Waals surface area contributed by atoms with Gasteiger partial charge in [0.15, 0.2) is 0 Å². The van der Waals surface area contributed by atoms with E-state index in [1.54, 1.807) is 12.1 Å². The zero-order valence-electron chi connectivity index (χ0n) is 15.3. The molecule has 1 aromatic carbocycles. The third kappa shape index (κ3) is 6.31. The highest BCUT2D eigenvalue weighted by Gasteiger charge is 2.24. The van der Waals surface area contributed by atoms with E-state index in [2.05, 4.69) is 0 Å². The summed E-state index contributed by atoms with van der Waals surface area (Å²) >= 11 is 0. The zero-order valence-corrected chi connectivity index (χ0v) is 15.3. The number of carbonyl (C=O) groups excluding carboxylic acids is 1. The molecule has 0 heterocycles. The molecule has 1 aromatic rings. The number of nitrogens with two attached hydrogens (primary N) is 1. The van der Waals surface area contributed by atoms with Gasteiger partial charge in [0.25, 0.3) is 0 Å². The van der Waals surface area contributed by atoms with Crippen LogP contribution < -0.4 is 15.2 Å². The molecule has 3 atom stereocenters. The molecule has 0 saturated carbocycles. The lowest BCUT2D eigenvalue weighted by Gasteiger charge is -2.20. The van der Waals surface area contributed by atoms with E-state index >= 15 is 0 Å². The second-order valence-corrected chi connectivity index (χ2v) is 5.86. The van der Waals surface area contributed by atoms with Crippen LogP contribution in [0.25, 0.3) is 0 Å². The van der Waals surface area contributed by atoms with Crippen molar-refractivity contribution in [3.05, 3.63) is 23.3 Å². The van der Waals surface area contributed by atoms with E-state index in [1.165, 1.54) is 14.2 Å². The van der Waals surface area contributed by atoms with Gasteiger partial charge in [-0.1, -0.05) is 6.92 Å². The first kappa shape index (κ1) is 21.9. The molecule has 0 aliphatic rings. The van der Waals surface area contributed by atoms with Gasteiger partial charge in [-0.05, 0) is 18.6 Å². The van der Waals surface area contributed by atoms with Crippen LogP contribution in [0.3, 0.4) is 0 Å². The van der Waals surface area contributed by atoms with Crippen LogP contribution in [0.2, 0.25) is 0 Å². The average Bonchev–Trinajstić information content (AvgIpc) is 2.61. The molecule has 0 aromatic heterocycles. The van der Waals surface area contributed by atoms with Crippen LogP contribution in [-0.4, -0.2) is 45.4 Å². The molecular formula is C18H26F3NO4. The molecule has 2 N–H and O–H groups in total. The molecule has 8 heteroatoms. The highest BCUT2D eigenvalue weighted by molar-refractivity contribution is 5.64. The SMILES string of the molecule is CCC(Cc1cc(OC)c(CC(F)C(F)CCF)cc1OC)OC(N)=O. The van der Waals surface area contributed by atoms with E-state index in [0.29, 0.717) is 35.5 Å². The monoisotopic (exact) mass is 377 g/mol. The number of benzene rings is 1. The van der Waals surface area contributed by atoms with Gasteiger partial charge in [0, 0.05) is 30.4 Å². The molecule has 0 fully saturated rings. The lowest BCUT2D eigenvalue weighted by Crippen LogP contribution is -2.24. The fourth-order valence-corrected chi connectivity index (χ4v) is 2.65. The van der Waals surface area contributed by atoms with Crippen molar-refractivity contribution < 1.29 is 32.2 Å². The number of hydrogen-bond donors (Lipinski definition) is 1. The fourth-order valence-electron chi connectivity index (χ4n) is 2.65. The molecule has 0 bridgehead atoms. The van der Waals surface area contributed by atoms with Gasteiger partial charge >= 0.3 is 6.09 Å². The van der Waals surface area contributed by atoms with Gasteiger partial charge in [0.1, 0.15) is 29.9 Å². The van der Waals surface area contributed by atoms with E-state index in [9.17, 15) is 18.0 Å². The number of rotatable bonds is 11. The molecule has 1 amide bonds. The van der Waals surface area contributed by atoms with Crippen LogP contribution in [0.1, 0.15) is 30.9 Å². The summed E-state index contributed by atoms with van der Waals surface area (Å²) < 4.78 is 55.4. The number of halogens is 3. The van der Waals surface area contributed by atoms with E-state index in [0.717, 1.165) is 0 Å². The van der Waals surface area contributed by atoms with Crippen LogP contribution in [0.4, 0.5) is 18.0 Å². The average molecular weight is 377 g/mol. The summed E-state index contributed by atoms with van der Waals surface area (Å²) in [6.07, 6.45) is -4.95. The van der Waals surface area contributed by atoms with Gasteiger partial charge in [0.05, 0.1) is 20.9 Å². The second-order valence-electron chi connectivity index (χ2n) is 5.86. The maximum atomic E-state index is 14.0. The molecule has 0 aliphatic heterocycles. The van der Waals surface area contributed by atoms with E-state index in [1.807, 2.05) is 6.92 Å². The molecular weight excluding hydrogens is 351 g/mol. The Kier molecular flexibility index (Phi) is 9.09. The van der Waals surface area contributed by atoms with Crippen molar-refractivity contribution in [1.82, 2.24) is 0 Å². The predicted octanol–water partition coefficient (Wildman–Crippen LogP) is 3.70. The molecule has 0 aliphatic carbocycles. The Bertz CT molecular complexity index is 586. The van der Waals surface area contributed by atoms with Crippen molar-refractivity contribution in [1.29, 1.82) is 0 Å². The summed E-state index contributed by atoms with van der Waals surface area (Å²) in [7, 11) is 2.85. The summed E-state index contributed by atoms with van der Waals surface area (Å²) in [6.45, 7) is 0.922. The molecule has 0 spiro atoms. The first-order chi connectivity index (χ1) is 12.4. The summed E-state index contributed by atoms with van der Waals surface area (Å²) in [6, 6.07) is 3.19. The van der Waals surface area contributed by atoms with Crippen LogP contribution in [0.15, 0.2) is 12.1 Å². The van der Waals surface area contributed by atoms with E-state index in [4.69, 9.17) is 19.9 Å². The summed E-state index contributed by atoms with van der Waals surface area (Å²) in [5.74, 6) is 0.783. The Morgan fingerprint density at radius 3 is 2.04 bits per heavy atom. The molecule has 148 valence electrons. The molecule has 26 heavy (non-hydrogen) atoms. The van der Waals surface area contributed by atoms with Gasteiger partial charge in [-0.15, -0.1) is 0 Å². The third-order valence-corrected chi connectivity index (χ3v) is 4.06. The number of amides is 1. The number of alkyl halides is 3. The number of ether oxygens (including phenoxy) is 3. The Morgan fingerprint density at radius 1 is 1.08 bits per heavy atom. The third-order valence-electron chi connectivity index (χ3n) is 4.06. The summed E-state index contributed by atoms with van der Waals surface area (Å²) in [5, 5.41) is 0. The molecule has 1 rings (SSSR count). The van der Waals surface area contributed by atoms with Gasteiger partial charge in [-0.25, -0.2) is 13.6 Å². The number of hydrogen-bond acceptors (Lipinski definition) is 4. The highest BCUT2D eigenvalue weighted by atomic mass is 19.2. The van der Waals surface area contributed by atoms with Crippen molar-refractivity contribution in [2.45, 2.75) is 51.1 Å². The standard InChI is InChI=1S/C18H26F3NO4/c1-4-13(26-18(22)23)7-11-9-17(25-3)12(10-16(11)24-2)8-15(21)14(20)5-6-19/h9-10,13-15H,4-8H2,1-3H3,(H2,22,23). The normalized spacial score (nSPS) is 14.4. The Hall–Kier alpha value is -2.12. The van der Waals surface area contributed by atoms with Crippen molar-refractivity contribution in [3.63, 3.8) is 0 Å². The highest BCUT2D eigenvalue weighted by Crippen LogP contribution is 2.32. The molecule has 0 radical (unpaired) electrons. The minimum atomic E-state index is -1.89. The van der Waals surface area contributed by atoms with Crippen molar-refractivity contribution in [2.75, 3.05) is 20.9 Å². The van der Waals surface area contributed by atoms with Gasteiger partial charge < -0.3 is 19.9 Å². The van der Waals surface area contributed by atoms with Crippen LogP contribution >= 0.6 is 0 Å². The van der Waals surface area contributed by atoms with Crippen LogP contribution in [0, 0.1) is 0 Å². The van der Waals surface area contributed by atoms with Crippen molar-refractivity contribution in [2.24, 2.45) is 5.73 Å². The Balaban J connectivity index is 3.07. The first-order valence-electron chi connectivity index (χ1n) is 8.40. The van der Waals surface area contributed by atoms with E-state index < -0.39 is 37.6 Å². The molecule has 3 unspecified atom stereocenters. The zero-order chi connectivity index (χ0) is 19.7. The largest absolute Gasteiger partial charge is 0.496 e. The topological polar surface area (TPSA) is 70.8 Å². The Labute approximate surface area is 151 Å². The Morgan fingerprint density at radius 2 is 1.62 bits per heavy atom. The smallest absolute Gasteiger partial charge is 0.404 e. The van der Waals surface area contributed by atoms with Crippen molar-refractivity contribution in [3.8, 4) is 11.5 Å². The van der Waals surface area contributed by atoms with Gasteiger partial charge in [0.2, 0.25) is 0 Å². The van der Waals surface area contributed by atoms with Gasteiger partial charge in [-0.2, -0.15) is 0 Å². The van der Waals surface area contributed by atoms with Crippen LogP contribution in [0.5, 0.6) is 11.5 Å². The molecule has 0 saturated heterocycles. The minimum absolute atomic E-state index is 0.268. The number of methoxy groups -OCH3 is 2. The lowest BCUT2D eigenvalue weighted by molar-refractivity contribution is 0.103. The minimum Gasteiger partial charge on any atom is -0.496 e. The maximum absolute atomic E-state index is 14.0. The van der Waals surface area contributed by atoms with Crippen LogP contribution in [-0.2, 0) is 17.6 Å².